The fraction of sp³-hybridized carbons (Fsp3) is 0.300. The summed E-state index contributed by atoms with van der Waals surface area (Å²) in [6.45, 7) is 4.01. The van der Waals surface area contributed by atoms with Gasteiger partial charge >= 0.3 is 5.97 Å². The summed E-state index contributed by atoms with van der Waals surface area (Å²) in [4.78, 5) is 37.5. The van der Waals surface area contributed by atoms with Crippen LogP contribution in [-0.4, -0.2) is 49.7 Å². The number of halogens is 1. The number of rotatable bonds is 6. The molecule has 0 radical (unpaired) electrons. The van der Waals surface area contributed by atoms with Crippen LogP contribution in [0, 0.1) is 10.1 Å². The largest absolute Gasteiger partial charge is 0.462 e. The number of benzene rings is 2. The van der Waals surface area contributed by atoms with Crippen molar-refractivity contribution < 1.29 is 24.0 Å². The lowest BCUT2D eigenvalue weighted by Gasteiger charge is -2.31. The summed E-state index contributed by atoms with van der Waals surface area (Å²) < 4.78 is 10.3. The summed E-state index contributed by atoms with van der Waals surface area (Å²) in [7, 11) is 0. The van der Waals surface area contributed by atoms with E-state index in [2.05, 4.69) is 5.32 Å². The molecule has 2 aromatic rings. The van der Waals surface area contributed by atoms with Crippen molar-refractivity contribution in [2.75, 3.05) is 43.1 Å². The summed E-state index contributed by atoms with van der Waals surface area (Å²) in [5.74, 6) is -1.35. The standard InChI is InChI=1S/C20H20ClN3O6/c1-2-30-20(26)14-10-13(11-15(12-14)24(27)28)19(25)22-17-5-3-4-16(21)18(17)23-6-8-29-9-7-23/h3-5,10-12H,2,6-9H2,1H3,(H,22,25). The van der Waals surface area contributed by atoms with Gasteiger partial charge in [-0.2, -0.15) is 0 Å². The van der Waals surface area contributed by atoms with Gasteiger partial charge in [0.25, 0.3) is 11.6 Å². The number of nitrogens with zero attached hydrogens (tertiary/aromatic N) is 2. The number of carbonyl (C=O) groups is 2. The van der Waals surface area contributed by atoms with E-state index in [0.29, 0.717) is 42.7 Å². The molecule has 1 aliphatic rings. The zero-order chi connectivity index (χ0) is 21.7. The van der Waals surface area contributed by atoms with E-state index in [1.807, 2.05) is 4.90 Å². The zero-order valence-corrected chi connectivity index (χ0v) is 17.0. The van der Waals surface area contributed by atoms with Gasteiger partial charge in [-0.3, -0.25) is 14.9 Å². The molecule has 0 aliphatic carbocycles. The Kier molecular flexibility index (Phi) is 6.86. The van der Waals surface area contributed by atoms with Crippen LogP contribution in [0.5, 0.6) is 0 Å². The highest BCUT2D eigenvalue weighted by atomic mass is 35.5. The number of ether oxygens (including phenoxy) is 2. The van der Waals surface area contributed by atoms with Gasteiger partial charge in [0.15, 0.2) is 0 Å². The maximum Gasteiger partial charge on any atom is 0.338 e. The summed E-state index contributed by atoms with van der Waals surface area (Å²) in [6, 6.07) is 8.55. The number of morpholine rings is 1. The summed E-state index contributed by atoms with van der Waals surface area (Å²) >= 11 is 6.38. The molecular formula is C20H20ClN3O6. The lowest BCUT2D eigenvalue weighted by Crippen LogP contribution is -2.37. The van der Waals surface area contributed by atoms with Crippen LogP contribution in [0.4, 0.5) is 17.1 Å². The van der Waals surface area contributed by atoms with Gasteiger partial charge in [-0.05, 0) is 25.1 Å². The Hall–Kier alpha value is -3.17. The van der Waals surface area contributed by atoms with Gasteiger partial charge in [-0.15, -0.1) is 0 Å². The smallest absolute Gasteiger partial charge is 0.338 e. The monoisotopic (exact) mass is 433 g/mol. The number of non-ortho nitro benzene ring substituents is 1. The lowest BCUT2D eigenvalue weighted by atomic mass is 10.1. The molecule has 1 amide bonds. The summed E-state index contributed by atoms with van der Waals surface area (Å²) in [5, 5.41) is 14.5. The van der Waals surface area contributed by atoms with Crippen molar-refractivity contribution >= 4 is 40.5 Å². The Labute approximate surface area is 177 Å². The van der Waals surface area contributed by atoms with Crippen molar-refractivity contribution in [1.29, 1.82) is 0 Å². The van der Waals surface area contributed by atoms with Crippen LogP contribution < -0.4 is 10.2 Å². The Balaban J connectivity index is 1.93. The van der Waals surface area contributed by atoms with Gasteiger partial charge in [-0.1, -0.05) is 17.7 Å². The molecule has 0 aromatic heterocycles. The minimum atomic E-state index is -0.744. The third-order valence-corrected chi connectivity index (χ3v) is 4.77. The molecule has 9 nitrogen and oxygen atoms in total. The molecule has 1 aliphatic heterocycles. The molecule has 0 unspecified atom stereocenters. The zero-order valence-electron chi connectivity index (χ0n) is 16.2. The fourth-order valence-electron chi connectivity index (χ4n) is 3.10. The highest BCUT2D eigenvalue weighted by Crippen LogP contribution is 2.35. The molecule has 158 valence electrons. The van der Waals surface area contributed by atoms with Crippen molar-refractivity contribution in [3.8, 4) is 0 Å². The maximum atomic E-state index is 12.9. The van der Waals surface area contributed by atoms with E-state index >= 15 is 0 Å². The van der Waals surface area contributed by atoms with E-state index in [1.54, 1.807) is 25.1 Å². The number of anilines is 2. The average Bonchev–Trinajstić information content (AvgIpc) is 2.74. The fourth-order valence-corrected chi connectivity index (χ4v) is 3.39. The number of para-hydroxylation sites is 1. The minimum absolute atomic E-state index is 0.0415. The molecule has 10 heteroatoms. The molecule has 1 saturated heterocycles. The first-order valence-corrected chi connectivity index (χ1v) is 9.67. The summed E-state index contributed by atoms with van der Waals surface area (Å²) in [5.41, 5.74) is 0.603. The molecule has 1 heterocycles. The summed E-state index contributed by atoms with van der Waals surface area (Å²) in [6.07, 6.45) is 0. The van der Waals surface area contributed by atoms with E-state index in [-0.39, 0.29) is 23.4 Å². The van der Waals surface area contributed by atoms with Crippen molar-refractivity contribution in [3.05, 3.63) is 62.7 Å². The van der Waals surface area contributed by atoms with Crippen LogP contribution in [0.25, 0.3) is 0 Å². The highest BCUT2D eigenvalue weighted by Gasteiger charge is 2.22. The molecule has 2 aromatic carbocycles. The van der Waals surface area contributed by atoms with Gasteiger partial charge in [0.1, 0.15) is 0 Å². The van der Waals surface area contributed by atoms with E-state index in [0.717, 1.165) is 12.1 Å². The third kappa shape index (κ3) is 4.87. The van der Waals surface area contributed by atoms with E-state index in [9.17, 15) is 19.7 Å². The minimum Gasteiger partial charge on any atom is -0.462 e. The molecule has 30 heavy (non-hydrogen) atoms. The average molecular weight is 434 g/mol. The van der Waals surface area contributed by atoms with Gasteiger partial charge in [0, 0.05) is 30.8 Å². The molecular weight excluding hydrogens is 414 g/mol. The number of nitro benzene ring substituents is 1. The quantitative estimate of drug-likeness (QED) is 0.421. The van der Waals surface area contributed by atoms with E-state index < -0.39 is 16.8 Å². The predicted octanol–water partition coefficient (Wildman–Crippen LogP) is 3.51. The molecule has 0 atom stereocenters. The van der Waals surface area contributed by atoms with Crippen molar-refractivity contribution in [3.63, 3.8) is 0 Å². The van der Waals surface area contributed by atoms with Gasteiger partial charge < -0.3 is 19.7 Å². The Morgan fingerprint density at radius 2 is 1.93 bits per heavy atom. The van der Waals surface area contributed by atoms with Crippen molar-refractivity contribution in [2.24, 2.45) is 0 Å². The van der Waals surface area contributed by atoms with Crippen LogP contribution in [0.3, 0.4) is 0 Å². The lowest BCUT2D eigenvalue weighted by molar-refractivity contribution is -0.384. The second-order valence-corrected chi connectivity index (χ2v) is 6.84. The second-order valence-electron chi connectivity index (χ2n) is 6.44. The van der Waals surface area contributed by atoms with Gasteiger partial charge in [0.2, 0.25) is 0 Å². The number of carbonyl (C=O) groups excluding carboxylic acids is 2. The van der Waals surface area contributed by atoms with Crippen molar-refractivity contribution in [2.45, 2.75) is 6.92 Å². The SMILES string of the molecule is CCOC(=O)c1cc(C(=O)Nc2cccc(Cl)c2N2CCOCC2)cc([N+](=O)[O-])c1. The predicted molar refractivity (Wildman–Crippen MR) is 111 cm³/mol. The first kappa shape index (κ1) is 21.5. The first-order chi connectivity index (χ1) is 14.4. The number of amides is 1. The van der Waals surface area contributed by atoms with Gasteiger partial charge in [0.05, 0.1) is 46.7 Å². The number of hydrogen-bond acceptors (Lipinski definition) is 7. The van der Waals surface area contributed by atoms with Crippen LogP contribution >= 0.6 is 11.6 Å². The Morgan fingerprint density at radius 1 is 1.23 bits per heavy atom. The number of esters is 1. The Morgan fingerprint density at radius 3 is 2.60 bits per heavy atom. The molecule has 0 bridgehead atoms. The molecule has 1 fully saturated rings. The van der Waals surface area contributed by atoms with Crippen LogP contribution in [0.2, 0.25) is 5.02 Å². The molecule has 0 spiro atoms. The van der Waals surface area contributed by atoms with E-state index in [1.165, 1.54) is 6.07 Å². The molecule has 3 rings (SSSR count). The van der Waals surface area contributed by atoms with E-state index in [4.69, 9.17) is 21.1 Å². The normalized spacial score (nSPS) is 13.6. The highest BCUT2D eigenvalue weighted by molar-refractivity contribution is 6.34. The maximum absolute atomic E-state index is 12.9. The molecule has 0 saturated carbocycles. The van der Waals surface area contributed by atoms with Crippen molar-refractivity contribution in [1.82, 2.24) is 0 Å². The van der Waals surface area contributed by atoms with Crippen LogP contribution in [0.1, 0.15) is 27.6 Å². The first-order valence-electron chi connectivity index (χ1n) is 9.30. The number of nitro groups is 1. The second kappa shape index (κ2) is 9.55. The topological polar surface area (TPSA) is 111 Å². The van der Waals surface area contributed by atoms with Gasteiger partial charge in [-0.25, -0.2) is 4.79 Å². The van der Waals surface area contributed by atoms with Crippen LogP contribution in [0.15, 0.2) is 36.4 Å². The van der Waals surface area contributed by atoms with Crippen LogP contribution in [-0.2, 0) is 9.47 Å². The molecule has 1 N–H and O–H groups in total. The number of nitrogens with one attached hydrogen (secondary N) is 1. The number of hydrogen-bond donors (Lipinski definition) is 1. The Bertz CT molecular complexity index is 975. The third-order valence-electron chi connectivity index (χ3n) is 4.46.